The van der Waals surface area contributed by atoms with E-state index in [0.29, 0.717) is 6.42 Å². The summed E-state index contributed by atoms with van der Waals surface area (Å²) in [4.78, 5) is 13.8. The Morgan fingerprint density at radius 1 is 1.42 bits per heavy atom. The number of carbonyl (C=O) groups is 1. The Kier molecular flexibility index (Phi) is 6.46. The molecule has 0 aliphatic carbocycles. The second-order valence-corrected chi connectivity index (χ2v) is 4.39. The van der Waals surface area contributed by atoms with Gasteiger partial charge in [0.2, 0.25) is 5.91 Å². The zero-order valence-electron chi connectivity index (χ0n) is 11.7. The van der Waals surface area contributed by atoms with E-state index in [2.05, 4.69) is 18.5 Å². The van der Waals surface area contributed by atoms with Crippen molar-refractivity contribution in [1.29, 1.82) is 0 Å². The molecule has 0 saturated carbocycles. The van der Waals surface area contributed by atoms with Crippen LogP contribution in [0.5, 0.6) is 0 Å². The van der Waals surface area contributed by atoms with Gasteiger partial charge in [0.1, 0.15) is 0 Å². The highest BCUT2D eigenvalue weighted by molar-refractivity contribution is 5.78. The number of unbranched alkanes of at least 4 members (excludes halogenated alkanes) is 1. The first-order chi connectivity index (χ1) is 9.20. The first kappa shape index (κ1) is 15.0. The summed E-state index contributed by atoms with van der Waals surface area (Å²) < 4.78 is 0. The SMILES string of the molecule is C=CCCCC(=O)N(C#CC)[C@@H](C)c1ccccc1. The van der Waals surface area contributed by atoms with Crippen molar-refractivity contribution in [1.82, 2.24) is 4.90 Å². The van der Waals surface area contributed by atoms with Crippen LogP contribution >= 0.6 is 0 Å². The van der Waals surface area contributed by atoms with E-state index in [-0.39, 0.29) is 11.9 Å². The number of hydrogen-bond donors (Lipinski definition) is 0. The minimum absolute atomic E-state index is 0.0233. The smallest absolute Gasteiger partial charge is 0.234 e. The molecule has 0 heterocycles. The van der Waals surface area contributed by atoms with Crippen LogP contribution < -0.4 is 0 Å². The average Bonchev–Trinajstić information content (AvgIpc) is 2.45. The number of nitrogens with zero attached hydrogens (tertiary/aromatic N) is 1. The quantitative estimate of drug-likeness (QED) is 0.326. The van der Waals surface area contributed by atoms with E-state index in [0.717, 1.165) is 18.4 Å². The van der Waals surface area contributed by atoms with Crippen molar-refractivity contribution in [2.75, 3.05) is 0 Å². The number of amides is 1. The standard InChI is InChI=1S/C17H21NO/c1-4-6-8-13-17(19)18(14-5-2)15(3)16-11-9-7-10-12-16/h4,7,9-12,15H,1,6,8,13H2,2-3H3/t15-/m0/s1. The zero-order chi connectivity index (χ0) is 14.1. The van der Waals surface area contributed by atoms with Crippen molar-refractivity contribution >= 4 is 5.91 Å². The van der Waals surface area contributed by atoms with Crippen molar-refractivity contribution in [3.05, 3.63) is 48.6 Å². The van der Waals surface area contributed by atoms with E-state index < -0.39 is 0 Å². The molecule has 1 aromatic rings. The van der Waals surface area contributed by atoms with Crippen LogP contribution in [-0.4, -0.2) is 10.8 Å². The molecule has 19 heavy (non-hydrogen) atoms. The van der Waals surface area contributed by atoms with Crippen LogP contribution in [-0.2, 0) is 4.79 Å². The van der Waals surface area contributed by atoms with Crippen molar-refractivity contribution in [2.24, 2.45) is 0 Å². The zero-order valence-corrected chi connectivity index (χ0v) is 11.7. The van der Waals surface area contributed by atoms with Crippen LogP contribution in [0.3, 0.4) is 0 Å². The van der Waals surface area contributed by atoms with Gasteiger partial charge in [0.25, 0.3) is 0 Å². The summed E-state index contributed by atoms with van der Waals surface area (Å²) in [6, 6.07) is 12.9. The molecule has 0 unspecified atom stereocenters. The molecule has 0 bridgehead atoms. The van der Waals surface area contributed by atoms with Gasteiger partial charge in [-0.2, -0.15) is 0 Å². The largest absolute Gasteiger partial charge is 0.274 e. The fraction of sp³-hybridized carbons (Fsp3) is 0.353. The van der Waals surface area contributed by atoms with Gasteiger partial charge >= 0.3 is 0 Å². The second kappa shape index (κ2) is 8.16. The van der Waals surface area contributed by atoms with Gasteiger partial charge in [0.15, 0.2) is 0 Å². The van der Waals surface area contributed by atoms with Gasteiger partial charge < -0.3 is 0 Å². The lowest BCUT2D eigenvalue weighted by molar-refractivity contribution is -0.129. The Hall–Kier alpha value is -2.01. The highest BCUT2D eigenvalue weighted by Crippen LogP contribution is 2.20. The minimum Gasteiger partial charge on any atom is -0.274 e. The third-order valence-corrected chi connectivity index (χ3v) is 2.97. The molecule has 1 atom stereocenters. The van der Waals surface area contributed by atoms with E-state index >= 15 is 0 Å². The number of carbonyl (C=O) groups excluding carboxylic acids is 1. The summed E-state index contributed by atoms with van der Waals surface area (Å²) in [5.74, 6) is 2.90. The molecule has 2 nitrogen and oxygen atoms in total. The third kappa shape index (κ3) is 4.63. The van der Waals surface area contributed by atoms with Crippen molar-refractivity contribution < 1.29 is 4.79 Å². The van der Waals surface area contributed by atoms with E-state index in [1.807, 2.05) is 43.3 Å². The molecule has 1 aromatic carbocycles. The molecule has 0 saturated heterocycles. The number of rotatable bonds is 6. The summed E-state index contributed by atoms with van der Waals surface area (Å²) in [6.45, 7) is 7.43. The molecule has 0 N–H and O–H groups in total. The summed E-state index contributed by atoms with van der Waals surface area (Å²) >= 11 is 0. The lowest BCUT2D eigenvalue weighted by Crippen LogP contribution is -2.29. The Bertz CT molecular complexity index is 467. The Morgan fingerprint density at radius 2 is 2.11 bits per heavy atom. The van der Waals surface area contributed by atoms with Crippen LogP contribution in [0.15, 0.2) is 43.0 Å². The van der Waals surface area contributed by atoms with Crippen LogP contribution in [0.4, 0.5) is 0 Å². The van der Waals surface area contributed by atoms with Gasteiger partial charge in [-0.05, 0) is 32.3 Å². The maximum atomic E-state index is 12.2. The maximum absolute atomic E-state index is 12.2. The van der Waals surface area contributed by atoms with Gasteiger partial charge in [0.05, 0.1) is 6.04 Å². The van der Waals surface area contributed by atoms with Crippen LogP contribution in [0, 0.1) is 12.0 Å². The summed E-state index contributed by atoms with van der Waals surface area (Å²) in [5, 5.41) is 0. The summed E-state index contributed by atoms with van der Waals surface area (Å²) in [7, 11) is 0. The van der Waals surface area contributed by atoms with E-state index in [9.17, 15) is 4.79 Å². The lowest BCUT2D eigenvalue weighted by atomic mass is 10.1. The summed E-state index contributed by atoms with van der Waals surface area (Å²) in [5.41, 5.74) is 1.10. The van der Waals surface area contributed by atoms with Gasteiger partial charge in [0, 0.05) is 12.5 Å². The van der Waals surface area contributed by atoms with Crippen molar-refractivity contribution in [3.8, 4) is 12.0 Å². The summed E-state index contributed by atoms with van der Waals surface area (Å²) in [6.07, 6.45) is 4.03. The van der Waals surface area contributed by atoms with Crippen LogP contribution in [0.1, 0.15) is 44.7 Å². The molecule has 0 aromatic heterocycles. The fourth-order valence-electron chi connectivity index (χ4n) is 1.89. The molecule has 0 spiro atoms. The molecule has 0 aliphatic rings. The normalized spacial score (nSPS) is 11.1. The molecule has 0 radical (unpaired) electrons. The van der Waals surface area contributed by atoms with Crippen molar-refractivity contribution in [3.63, 3.8) is 0 Å². The van der Waals surface area contributed by atoms with Gasteiger partial charge in [-0.15, -0.1) is 6.58 Å². The van der Waals surface area contributed by atoms with E-state index in [1.54, 1.807) is 11.8 Å². The van der Waals surface area contributed by atoms with Gasteiger partial charge in [-0.1, -0.05) is 42.3 Å². The molecule has 2 heteroatoms. The lowest BCUT2D eigenvalue weighted by Gasteiger charge is -2.23. The molecule has 0 fully saturated rings. The highest BCUT2D eigenvalue weighted by atomic mass is 16.2. The Morgan fingerprint density at radius 3 is 2.68 bits per heavy atom. The van der Waals surface area contributed by atoms with E-state index in [4.69, 9.17) is 0 Å². The number of allylic oxidation sites excluding steroid dienone is 1. The van der Waals surface area contributed by atoms with Crippen LogP contribution in [0.2, 0.25) is 0 Å². The topological polar surface area (TPSA) is 20.3 Å². The van der Waals surface area contributed by atoms with Gasteiger partial charge in [-0.3, -0.25) is 9.69 Å². The highest BCUT2D eigenvalue weighted by Gasteiger charge is 2.19. The molecular formula is C17H21NO. The van der Waals surface area contributed by atoms with E-state index in [1.165, 1.54) is 0 Å². The van der Waals surface area contributed by atoms with Crippen LogP contribution in [0.25, 0.3) is 0 Å². The first-order valence-electron chi connectivity index (χ1n) is 6.61. The second-order valence-electron chi connectivity index (χ2n) is 4.39. The number of benzene rings is 1. The van der Waals surface area contributed by atoms with Crippen molar-refractivity contribution in [2.45, 2.75) is 39.2 Å². The fourth-order valence-corrected chi connectivity index (χ4v) is 1.89. The third-order valence-electron chi connectivity index (χ3n) is 2.97. The molecular weight excluding hydrogens is 234 g/mol. The number of hydrogen-bond acceptors (Lipinski definition) is 1. The maximum Gasteiger partial charge on any atom is 0.234 e. The van der Waals surface area contributed by atoms with Gasteiger partial charge in [-0.25, -0.2) is 0 Å². The Balaban J connectivity index is 2.78. The first-order valence-corrected chi connectivity index (χ1v) is 6.61. The minimum atomic E-state index is -0.0233. The Labute approximate surface area is 116 Å². The molecule has 1 amide bonds. The monoisotopic (exact) mass is 255 g/mol. The molecule has 0 aliphatic heterocycles. The average molecular weight is 255 g/mol. The molecule has 100 valence electrons. The predicted molar refractivity (Wildman–Crippen MR) is 79.2 cm³/mol. The predicted octanol–water partition coefficient (Wildman–Crippen LogP) is 3.91. The molecule has 1 rings (SSSR count).